The predicted octanol–water partition coefficient (Wildman–Crippen LogP) is 4.40. The number of hydrogen-bond donors (Lipinski definition) is 2. The number of halogens is 3. The first kappa shape index (κ1) is 27.4. The van der Waals surface area contributed by atoms with E-state index in [1.807, 2.05) is 0 Å². The third kappa shape index (κ3) is 5.08. The topological polar surface area (TPSA) is 109 Å². The number of aromatic nitrogens is 3. The van der Waals surface area contributed by atoms with Crippen LogP contribution in [-0.2, 0) is 22.6 Å². The normalized spacial score (nSPS) is 19.6. The molecule has 2 amide bonds. The number of anilines is 2. The van der Waals surface area contributed by atoms with Crippen molar-refractivity contribution in [1.82, 2.24) is 24.8 Å². The number of likely N-dealkylation sites (tertiary alicyclic amines) is 1. The van der Waals surface area contributed by atoms with Crippen LogP contribution in [0.2, 0.25) is 0 Å². The van der Waals surface area contributed by atoms with Gasteiger partial charge in [0.1, 0.15) is 36.7 Å². The molecule has 0 saturated carbocycles. The van der Waals surface area contributed by atoms with Crippen molar-refractivity contribution in [1.29, 1.82) is 0 Å². The Bertz CT molecular complexity index is 1710. The molecule has 0 spiro atoms. The minimum absolute atomic E-state index is 0.0974. The summed E-state index contributed by atoms with van der Waals surface area (Å²) in [6.45, 7) is 0.926. The lowest BCUT2D eigenvalue weighted by Crippen LogP contribution is -2.47. The summed E-state index contributed by atoms with van der Waals surface area (Å²) in [5, 5.41) is 6.50. The van der Waals surface area contributed by atoms with Crippen LogP contribution in [0.15, 0.2) is 55.2 Å². The number of amides is 2. The molecule has 2 aromatic carbocycles. The minimum atomic E-state index is -1.42. The molecule has 12 heteroatoms. The van der Waals surface area contributed by atoms with Crippen molar-refractivity contribution in [2.45, 2.75) is 51.0 Å². The Hall–Kier alpha value is -4.74. The van der Waals surface area contributed by atoms with Crippen molar-refractivity contribution in [3.8, 4) is 0 Å². The van der Waals surface area contributed by atoms with Crippen LogP contribution in [0.5, 0.6) is 0 Å². The van der Waals surface area contributed by atoms with E-state index < -0.39 is 41.7 Å². The van der Waals surface area contributed by atoms with Crippen LogP contribution in [-0.4, -0.2) is 55.8 Å². The third-order valence-corrected chi connectivity index (χ3v) is 7.88. The summed E-state index contributed by atoms with van der Waals surface area (Å²) >= 11 is 0. The molecular formula is C30H27F3N6O3. The first-order valence-electron chi connectivity index (χ1n) is 13.6. The highest BCUT2D eigenvalue weighted by Crippen LogP contribution is 2.35. The second kappa shape index (κ2) is 10.9. The van der Waals surface area contributed by atoms with Crippen molar-refractivity contribution in [2.24, 2.45) is 0 Å². The molecule has 1 aliphatic heterocycles. The lowest BCUT2D eigenvalue weighted by molar-refractivity contribution is -0.139. The Labute approximate surface area is 238 Å². The maximum atomic E-state index is 14.6. The van der Waals surface area contributed by atoms with Crippen molar-refractivity contribution in [3.05, 3.63) is 83.6 Å². The van der Waals surface area contributed by atoms with Gasteiger partial charge in [-0.25, -0.2) is 23.1 Å². The molecule has 6 rings (SSSR count). The molecule has 3 atom stereocenters. The number of alkyl halides is 1. The van der Waals surface area contributed by atoms with E-state index in [2.05, 4.69) is 20.6 Å². The Morgan fingerprint density at radius 1 is 1.05 bits per heavy atom. The molecule has 1 fully saturated rings. The van der Waals surface area contributed by atoms with Gasteiger partial charge in [-0.1, -0.05) is 0 Å². The fourth-order valence-corrected chi connectivity index (χ4v) is 5.95. The zero-order valence-corrected chi connectivity index (χ0v) is 22.6. The molecule has 1 aliphatic carbocycles. The van der Waals surface area contributed by atoms with Gasteiger partial charge in [0.15, 0.2) is 5.78 Å². The van der Waals surface area contributed by atoms with Crippen molar-refractivity contribution in [3.63, 3.8) is 0 Å². The number of ketones is 1. The number of nitrogens with zero attached hydrogens (tertiary/aromatic N) is 4. The lowest BCUT2D eigenvalue weighted by Gasteiger charge is -2.26. The lowest BCUT2D eigenvalue weighted by atomic mass is 10.1. The van der Waals surface area contributed by atoms with Gasteiger partial charge in [-0.15, -0.1) is 0 Å². The summed E-state index contributed by atoms with van der Waals surface area (Å²) in [6.07, 6.45) is 5.14. The second-order valence-corrected chi connectivity index (χ2v) is 10.6. The predicted molar refractivity (Wildman–Crippen MR) is 148 cm³/mol. The maximum absolute atomic E-state index is 14.6. The van der Waals surface area contributed by atoms with Crippen LogP contribution in [0.25, 0.3) is 10.9 Å². The van der Waals surface area contributed by atoms with Gasteiger partial charge in [-0.3, -0.25) is 14.4 Å². The van der Waals surface area contributed by atoms with E-state index in [1.54, 1.807) is 41.4 Å². The Kier molecular flexibility index (Phi) is 7.13. The average molecular weight is 577 g/mol. The van der Waals surface area contributed by atoms with Crippen LogP contribution in [0.3, 0.4) is 0 Å². The van der Waals surface area contributed by atoms with Crippen LogP contribution < -0.4 is 10.6 Å². The van der Waals surface area contributed by atoms with Gasteiger partial charge in [-0.2, -0.15) is 0 Å². The van der Waals surface area contributed by atoms with Crippen LogP contribution in [0.4, 0.5) is 24.5 Å². The first-order chi connectivity index (χ1) is 20.2. The molecule has 1 unspecified atom stereocenters. The van der Waals surface area contributed by atoms with E-state index in [4.69, 9.17) is 0 Å². The molecule has 4 aromatic rings. The highest BCUT2D eigenvalue weighted by atomic mass is 19.1. The molecule has 2 N–H and O–H groups in total. The second-order valence-electron chi connectivity index (χ2n) is 10.6. The molecule has 216 valence electrons. The number of Topliss-reactive ketones (excluding diaryl/α,β-unsaturated/α-hetero) is 1. The highest BCUT2D eigenvalue weighted by Gasteiger charge is 2.41. The molecule has 0 bridgehead atoms. The van der Waals surface area contributed by atoms with Gasteiger partial charge in [-0.05, 0) is 55.7 Å². The van der Waals surface area contributed by atoms with E-state index in [0.717, 1.165) is 12.1 Å². The summed E-state index contributed by atoms with van der Waals surface area (Å²) in [5.74, 6) is -2.48. The third-order valence-electron chi connectivity index (χ3n) is 7.88. The molecule has 0 radical (unpaired) electrons. The molecule has 9 nitrogen and oxygen atoms in total. The Balaban J connectivity index is 1.22. The zero-order valence-electron chi connectivity index (χ0n) is 22.6. The van der Waals surface area contributed by atoms with E-state index >= 15 is 0 Å². The summed E-state index contributed by atoms with van der Waals surface area (Å²) in [6, 6.07) is 5.53. The minimum Gasteiger partial charge on any atom is -0.353 e. The van der Waals surface area contributed by atoms with Crippen molar-refractivity contribution >= 4 is 39.9 Å². The monoisotopic (exact) mass is 576 g/mol. The van der Waals surface area contributed by atoms with Crippen LogP contribution >= 0.6 is 0 Å². The fourth-order valence-electron chi connectivity index (χ4n) is 5.95. The first-order valence-corrected chi connectivity index (χ1v) is 13.6. The number of nitrogens with one attached hydrogen (secondary N) is 2. The van der Waals surface area contributed by atoms with Gasteiger partial charge in [0.05, 0.1) is 30.7 Å². The average Bonchev–Trinajstić information content (AvgIpc) is 3.67. The zero-order chi connectivity index (χ0) is 29.5. The van der Waals surface area contributed by atoms with Crippen LogP contribution in [0, 0.1) is 11.6 Å². The van der Waals surface area contributed by atoms with Gasteiger partial charge < -0.3 is 20.1 Å². The number of carbonyl (C=O) groups excluding carboxylic acids is 3. The smallest absolute Gasteiger partial charge is 0.243 e. The molecule has 42 heavy (non-hydrogen) atoms. The van der Waals surface area contributed by atoms with E-state index in [-0.39, 0.29) is 42.8 Å². The number of hydrogen-bond acceptors (Lipinski definition) is 6. The fraction of sp³-hybridized carbons (Fsp3) is 0.300. The number of carbonyl (C=O) groups is 3. The summed E-state index contributed by atoms with van der Waals surface area (Å²) < 4.78 is 44.9. The number of rotatable bonds is 7. The number of benzene rings is 2. The van der Waals surface area contributed by atoms with E-state index in [9.17, 15) is 27.6 Å². The quantitative estimate of drug-likeness (QED) is 0.316. The molecule has 1 saturated heterocycles. The molecular weight excluding hydrogens is 549 g/mol. The largest absolute Gasteiger partial charge is 0.353 e. The summed E-state index contributed by atoms with van der Waals surface area (Å²) in [4.78, 5) is 48.3. The van der Waals surface area contributed by atoms with Gasteiger partial charge >= 0.3 is 0 Å². The number of fused-ring (bicyclic) bond motifs is 2. The SMILES string of the molecule is CC(=O)c1cn(CC(=O)N2C[C@H](F)C[C@H]2C(=O)NC2CCc3c(F)ccc(F)c32)c2ccc(Nc3cncnc3)cc12. The standard InChI is InChI=1S/C30H27F3N6O3/c1-16(40)22-13-38(26-7-2-18(9-21(22)26)36-19-10-34-15-35-11-19)14-28(41)39-12-17(31)8-27(39)30(42)37-25-6-3-20-23(32)4-5-24(33)29(20)25/h2,4-5,7,9-11,13,15,17,25,27,36H,3,6,8,12,14H2,1H3,(H,37,42)/t17-,25?,27+/m1/s1. The Morgan fingerprint density at radius 2 is 1.81 bits per heavy atom. The molecule has 2 aliphatic rings. The van der Waals surface area contributed by atoms with Gasteiger partial charge in [0.25, 0.3) is 0 Å². The Morgan fingerprint density at radius 3 is 2.57 bits per heavy atom. The van der Waals surface area contributed by atoms with Gasteiger partial charge in [0.2, 0.25) is 11.8 Å². The molecule has 2 aromatic heterocycles. The van der Waals surface area contributed by atoms with Crippen LogP contribution in [0.1, 0.15) is 47.3 Å². The van der Waals surface area contributed by atoms with Crippen molar-refractivity contribution in [2.75, 3.05) is 11.9 Å². The highest BCUT2D eigenvalue weighted by molar-refractivity contribution is 6.08. The van der Waals surface area contributed by atoms with E-state index in [1.165, 1.54) is 18.2 Å². The van der Waals surface area contributed by atoms with E-state index in [0.29, 0.717) is 34.3 Å². The molecule has 3 heterocycles. The van der Waals surface area contributed by atoms with Gasteiger partial charge in [0, 0.05) is 40.3 Å². The van der Waals surface area contributed by atoms with Crippen molar-refractivity contribution < 1.29 is 27.6 Å². The summed E-state index contributed by atoms with van der Waals surface area (Å²) in [5.41, 5.74) is 2.67. The summed E-state index contributed by atoms with van der Waals surface area (Å²) in [7, 11) is 0. The maximum Gasteiger partial charge on any atom is 0.243 e.